The second kappa shape index (κ2) is 7.56. The summed E-state index contributed by atoms with van der Waals surface area (Å²) in [4.78, 5) is 30.8. The fourth-order valence-electron chi connectivity index (χ4n) is 3.50. The minimum Gasteiger partial charge on any atom is -0.294 e. The van der Waals surface area contributed by atoms with Gasteiger partial charge in [0.25, 0.3) is 5.56 Å². The highest BCUT2D eigenvalue weighted by atomic mass is 16.2. The zero-order valence-electron chi connectivity index (χ0n) is 18.1. The highest BCUT2D eigenvalue weighted by Crippen LogP contribution is 2.30. The normalized spacial score (nSPS) is 17.0. The average molecular weight is 389 g/mol. The lowest BCUT2D eigenvalue weighted by molar-refractivity contribution is 0.487. The van der Waals surface area contributed by atoms with Crippen LogP contribution in [0.5, 0.6) is 0 Å². The Balaban J connectivity index is 2.23. The minimum atomic E-state index is -0.312. The van der Waals surface area contributed by atoms with Crippen LogP contribution in [-0.4, -0.2) is 30.9 Å². The van der Waals surface area contributed by atoms with Crippen molar-refractivity contribution in [3.05, 3.63) is 20.8 Å². The molecule has 3 heterocycles. The van der Waals surface area contributed by atoms with Crippen LogP contribution in [0, 0.1) is 11.8 Å². The van der Waals surface area contributed by atoms with Gasteiger partial charge in [0.05, 0.1) is 11.8 Å². The van der Waals surface area contributed by atoms with Crippen molar-refractivity contribution in [1.29, 1.82) is 0 Å². The first-order valence-electron chi connectivity index (χ1n) is 10.2. The first-order valence-corrected chi connectivity index (χ1v) is 10.2. The lowest BCUT2D eigenvalue weighted by atomic mass is 10.1. The molecule has 8 nitrogen and oxygen atoms in total. The summed E-state index contributed by atoms with van der Waals surface area (Å²) in [6.07, 6.45) is 1.74. The lowest BCUT2D eigenvalue weighted by Gasteiger charge is -2.29. The Morgan fingerprint density at radius 3 is 2.25 bits per heavy atom. The lowest BCUT2D eigenvalue weighted by Crippen LogP contribution is -2.40. The van der Waals surface area contributed by atoms with E-state index in [1.165, 1.54) is 9.13 Å². The number of aryl methyl sites for hydroxylation is 1. The zero-order chi connectivity index (χ0) is 20.7. The van der Waals surface area contributed by atoms with Gasteiger partial charge in [0.2, 0.25) is 5.95 Å². The summed E-state index contributed by atoms with van der Waals surface area (Å²) < 4.78 is 4.79. The quantitative estimate of drug-likeness (QED) is 0.762. The van der Waals surface area contributed by atoms with E-state index in [2.05, 4.69) is 32.7 Å². The molecule has 0 fully saturated rings. The number of anilines is 1. The maximum absolute atomic E-state index is 13.3. The summed E-state index contributed by atoms with van der Waals surface area (Å²) >= 11 is 0. The molecule has 28 heavy (non-hydrogen) atoms. The van der Waals surface area contributed by atoms with Crippen LogP contribution < -0.4 is 16.3 Å². The highest BCUT2D eigenvalue weighted by molar-refractivity contribution is 5.91. The molecule has 2 aromatic heterocycles. The van der Waals surface area contributed by atoms with Gasteiger partial charge in [0, 0.05) is 20.1 Å². The number of fused-ring (bicyclic) bond motifs is 3. The van der Waals surface area contributed by atoms with Crippen molar-refractivity contribution in [2.24, 2.45) is 24.0 Å². The number of hydrazone groups is 1. The van der Waals surface area contributed by atoms with Gasteiger partial charge in [0.1, 0.15) is 0 Å². The Morgan fingerprint density at radius 1 is 1.04 bits per heavy atom. The van der Waals surface area contributed by atoms with Crippen LogP contribution >= 0.6 is 0 Å². The Morgan fingerprint density at radius 2 is 1.64 bits per heavy atom. The van der Waals surface area contributed by atoms with Gasteiger partial charge in [0.15, 0.2) is 11.2 Å². The molecular formula is C20H32N6O2. The van der Waals surface area contributed by atoms with Crippen molar-refractivity contribution in [2.75, 3.05) is 11.6 Å². The molecule has 3 rings (SSSR count). The van der Waals surface area contributed by atoms with E-state index in [0.717, 1.165) is 25.1 Å². The van der Waals surface area contributed by atoms with E-state index in [9.17, 15) is 9.59 Å². The molecule has 0 bridgehead atoms. The topological polar surface area (TPSA) is 77.4 Å². The monoisotopic (exact) mass is 388 g/mol. The Bertz CT molecular complexity index is 1020. The molecule has 1 aliphatic heterocycles. The molecule has 0 N–H and O–H groups in total. The predicted molar refractivity (Wildman–Crippen MR) is 113 cm³/mol. The molecule has 0 saturated heterocycles. The Labute approximate surface area is 165 Å². The molecule has 1 aliphatic rings. The fourth-order valence-corrected chi connectivity index (χ4v) is 3.50. The maximum atomic E-state index is 13.3. The van der Waals surface area contributed by atoms with Gasteiger partial charge in [-0.05, 0) is 38.5 Å². The van der Waals surface area contributed by atoms with E-state index < -0.39 is 0 Å². The van der Waals surface area contributed by atoms with E-state index in [4.69, 9.17) is 5.10 Å². The van der Waals surface area contributed by atoms with Crippen molar-refractivity contribution in [2.45, 2.75) is 67.0 Å². The predicted octanol–water partition coefficient (Wildman–Crippen LogP) is 2.75. The number of rotatable bonds is 6. The summed E-state index contributed by atoms with van der Waals surface area (Å²) in [7, 11) is 1.69. The molecule has 154 valence electrons. The van der Waals surface area contributed by atoms with Crippen molar-refractivity contribution in [3.63, 3.8) is 0 Å². The van der Waals surface area contributed by atoms with E-state index in [1.807, 2.05) is 23.4 Å². The van der Waals surface area contributed by atoms with Gasteiger partial charge in [-0.25, -0.2) is 9.80 Å². The van der Waals surface area contributed by atoms with E-state index in [-0.39, 0.29) is 17.3 Å². The summed E-state index contributed by atoms with van der Waals surface area (Å²) in [5.74, 6) is 1.58. The average Bonchev–Trinajstić information content (AvgIpc) is 3.02. The Kier molecular flexibility index (Phi) is 5.50. The first kappa shape index (κ1) is 20.4. The van der Waals surface area contributed by atoms with Crippen LogP contribution in [0.25, 0.3) is 11.2 Å². The molecule has 2 aromatic rings. The number of imidazole rings is 1. The van der Waals surface area contributed by atoms with Crippen molar-refractivity contribution in [1.82, 2.24) is 18.7 Å². The second-order valence-corrected chi connectivity index (χ2v) is 8.66. The third-order valence-electron chi connectivity index (χ3n) is 5.51. The van der Waals surface area contributed by atoms with Crippen molar-refractivity contribution >= 4 is 22.8 Å². The summed E-state index contributed by atoms with van der Waals surface area (Å²) in [6.45, 7) is 13.6. The molecule has 0 radical (unpaired) electrons. The molecule has 0 saturated carbocycles. The second-order valence-electron chi connectivity index (χ2n) is 8.66. The van der Waals surface area contributed by atoms with Gasteiger partial charge < -0.3 is 0 Å². The molecule has 1 atom stereocenters. The number of hydrogen-bond donors (Lipinski definition) is 0. The van der Waals surface area contributed by atoms with Crippen LogP contribution in [0.4, 0.5) is 5.95 Å². The van der Waals surface area contributed by atoms with Crippen LogP contribution in [-0.2, 0) is 13.6 Å². The third kappa shape index (κ3) is 3.40. The van der Waals surface area contributed by atoms with Gasteiger partial charge in [-0.1, -0.05) is 27.7 Å². The van der Waals surface area contributed by atoms with Gasteiger partial charge in [-0.2, -0.15) is 10.1 Å². The van der Waals surface area contributed by atoms with Crippen LogP contribution in [0.15, 0.2) is 14.7 Å². The number of aromatic nitrogens is 4. The molecule has 0 aromatic carbocycles. The van der Waals surface area contributed by atoms with Crippen LogP contribution in [0.3, 0.4) is 0 Å². The van der Waals surface area contributed by atoms with Crippen LogP contribution in [0.1, 0.15) is 60.4 Å². The highest BCUT2D eigenvalue weighted by Gasteiger charge is 2.30. The van der Waals surface area contributed by atoms with Gasteiger partial charge in [-0.15, -0.1) is 0 Å². The smallest absolute Gasteiger partial charge is 0.294 e. The maximum Gasteiger partial charge on any atom is 0.332 e. The van der Waals surface area contributed by atoms with E-state index in [0.29, 0.717) is 35.5 Å². The standard InChI is InChI=1S/C20H32N6O2/c1-12(2)8-10-24-18(27)16-17(23(7)20(24)28)21-19-25(11-9-13(3)4)22-14(5)15(6)26(16)19/h12-13,15H,8-11H2,1-7H3. The summed E-state index contributed by atoms with van der Waals surface area (Å²) in [5.41, 5.74) is 1.27. The summed E-state index contributed by atoms with van der Waals surface area (Å²) in [6, 6.07) is -0.0842. The molecule has 0 spiro atoms. The molecule has 8 heteroatoms. The van der Waals surface area contributed by atoms with Crippen LogP contribution in [0.2, 0.25) is 0 Å². The largest absolute Gasteiger partial charge is 0.332 e. The Hall–Kier alpha value is -2.38. The molecule has 1 unspecified atom stereocenters. The third-order valence-corrected chi connectivity index (χ3v) is 5.51. The van der Waals surface area contributed by atoms with Crippen molar-refractivity contribution < 1.29 is 0 Å². The SMILES string of the molecule is CC1=NN(CCC(C)C)c2nc3c(c(=O)n(CCC(C)C)c(=O)n3C)n2C1C. The first-order chi connectivity index (χ1) is 13.1. The van der Waals surface area contributed by atoms with Crippen molar-refractivity contribution in [3.8, 4) is 0 Å². The van der Waals surface area contributed by atoms with Gasteiger partial charge >= 0.3 is 5.69 Å². The minimum absolute atomic E-state index is 0.0842. The van der Waals surface area contributed by atoms with E-state index in [1.54, 1.807) is 7.05 Å². The number of hydrogen-bond acceptors (Lipinski definition) is 5. The molecule has 0 aliphatic carbocycles. The molecular weight excluding hydrogens is 356 g/mol. The molecule has 0 amide bonds. The zero-order valence-corrected chi connectivity index (χ0v) is 18.1. The van der Waals surface area contributed by atoms with Gasteiger partial charge in [-0.3, -0.25) is 18.5 Å². The van der Waals surface area contributed by atoms with E-state index >= 15 is 0 Å². The number of nitrogens with zero attached hydrogens (tertiary/aromatic N) is 6. The fraction of sp³-hybridized carbons (Fsp3) is 0.700. The summed E-state index contributed by atoms with van der Waals surface area (Å²) in [5, 5.41) is 6.58.